The molecule has 0 atom stereocenters. The minimum Gasteiger partial charge on any atom is -0.460 e. The fourth-order valence-corrected chi connectivity index (χ4v) is 3.00. The van der Waals surface area contributed by atoms with E-state index in [2.05, 4.69) is 9.38 Å². The van der Waals surface area contributed by atoms with Gasteiger partial charge in [0.1, 0.15) is 21.9 Å². The van der Waals surface area contributed by atoms with Crippen LogP contribution in [0.15, 0.2) is 34.0 Å². The van der Waals surface area contributed by atoms with E-state index in [1.54, 1.807) is 6.92 Å². The highest BCUT2D eigenvalue weighted by molar-refractivity contribution is 7.90. The number of fused-ring (bicyclic) bond motifs is 2. The van der Waals surface area contributed by atoms with Crippen molar-refractivity contribution in [2.45, 2.75) is 11.8 Å². The molecule has 0 amide bonds. The van der Waals surface area contributed by atoms with Gasteiger partial charge in [-0.3, -0.25) is 0 Å². The van der Waals surface area contributed by atoms with Crippen LogP contribution in [0.3, 0.4) is 0 Å². The molecule has 0 unspecified atom stereocenters. The van der Waals surface area contributed by atoms with E-state index in [9.17, 15) is 13.2 Å². The first-order chi connectivity index (χ1) is 10.0. The molecule has 0 radical (unpaired) electrons. The summed E-state index contributed by atoms with van der Waals surface area (Å²) in [5, 5.41) is 0.304. The lowest BCUT2D eigenvalue weighted by molar-refractivity contribution is 0.153. The zero-order valence-electron chi connectivity index (χ0n) is 10.9. The van der Waals surface area contributed by atoms with Crippen molar-refractivity contribution in [3.8, 4) is 5.75 Å². The summed E-state index contributed by atoms with van der Waals surface area (Å²) in [6, 6.07) is 1.40. The number of sulfonamides is 1. The zero-order valence-corrected chi connectivity index (χ0v) is 11.8. The van der Waals surface area contributed by atoms with Gasteiger partial charge >= 0.3 is 6.09 Å². The predicted octanol–water partition coefficient (Wildman–Crippen LogP) is -0.0403. The van der Waals surface area contributed by atoms with Crippen LogP contribution in [0.5, 0.6) is 5.75 Å². The van der Waals surface area contributed by atoms with E-state index < -0.39 is 16.1 Å². The Morgan fingerprint density at radius 2 is 2.29 bits per heavy atom. The maximum Gasteiger partial charge on any atom is 0.418 e. The molecule has 0 bridgehead atoms. The van der Waals surface area contributed by atoms with Crippen molar-refractivity contribution in [3.05, 3.63) is 35.4 Å². The van der Waals surface area contributed by atoms with Gasteiger partial charge in [0.15, 0.2) is 5.75 Å². The molecule has 3 heterocycles. The minimum absolute atomic E-state index is 0.0618. The van der Waals surface area contributed by atoms with E-state index in [1.165, 1.54) is 30.9 Å². The Morgan fingerprint density at radius 1 is 1.48 bits per heavy atom. The average Bonchev–Trinajstić information content (AvgIpc) is 3.02. The molecule has 8 nitrogen and oxygen atoms in total. The number of carbonyl (C=O) groups excluding carboxylic acids is 1. The molecule has 2 aromatic heterocycles. The van der Waals surface area contributed by atoms with E-state index in [0.29, 0.717) is 0 Å². The number of nitrogens with one attached hydrogen (secondary N) is 1. The van der Waals surface area contributed by atoms with Gasteiger partial charge in [-0.25, -0.2) is 9.36 Å². The van der Waals surface area contributed by atoms with E-state index in [4.69, 9.17) is 9.47 Å². The van der Waals surface area contributed by atoms with Crippen molar-refractivity contribution in [1.29, 1.82) is 0 Å². The summed E-state index contributed by atoms with van der Waals surface area (Å²) >= 11 is 0. The monoisotopic (exact) mass is 309 g/mol. The molecule has 0 saturated heterocycles. The van der Waals surface area contributed by atoms with Crippen molar-refractivity contribution in [2.24, 2.45) is 4.40 Å². The number of ether oxygens (including phenoxy) is 2. The summed E-state index contributed by atoms with van der Waals surface area (Å²) in [5.41, 5.74) is 0. The topological polar surface area (TPSA) is 103 Å². The SMILES string of the molecule is CCOC(=O)n1ccc2c1=COc1c[nH]cc1S(=O)(=O)N=2. The van der Waals surface area contributed by atoms with Gasteiger partial charge in [-0.05, 0) is 13.0 Å². The lowest BCUT2D eigenvalue weighted by Crippen LogP contribution is -2.35. The van der Waals surface area contributed by atoms with Crippen LogP contribution in [0.2, 0.25) is 0 Å². The van der Waals surface area contributed by atoms with Crippen LogP contribution in [0, 0.1) is 0 Å². The van der Waals surface area contributed by atoms with Gasteiger partial charge in [-0.2, -0.15) is 12.8 Å². The van der Waals surface area contributed by atoms with E-state index in [0.717, 1.165) is 4.57 Å². The smallest absolute Gasteiger partial charge is 0.418 e. The van der Waals surface area contributed by atoms with Crippen LogP contribution in [0.1, 0.15) is 6.92 Å². The number of hydrogen-bond donors (Lipinski definition) is 1. The molecular formula is C12H11N3O5S. The lowest BCUT2D eigenvalue weighted by Gasteiger charge is -2.05. The molecule has 0 aromatic carbocycles. The third kappa shape index (κ3) is 2.21. The van der Waals surface area contributed by atoms with Crippen LogP contribution >= 0.6 is 0 Å². The largest absolute Gasteiger partial charge is 0.460 e. The second-order valence-corrected chi connectivity index (χ2v) is 5.71. The molecule has 110 valence electrons. The van der Waals surface area contributed by atoms with Gasteiger partial charge < -0.3 is 14.5 Å². The number of H-pyrrole nitrogens is 1. The number of aromatic amines is 1. The molecule has 0 fully saturated rings. The molecule has 0 aliphatic carbocycles. The molecule has 0 saturated carbocycles. The van der Waals surface area contributed by atoms with Gasteiger partial charge in [0.25, 0.3) is 10.0 Å². The van der Waals surface area contributed by atoms with Crippen molar-refractivity contribution in [2.75, 3.05) is 6.61 Å². The molecular weight excluding hydrogens is 298 g/mol. The first-order valence-electron chi connectivity index (χ1n) is 6.06. The normalized spacial score (nSPS) is 15.3. The Balaban J connectivity index is 2.25. The van der Waals surface area contributed by atoms with E-state index >= 15 is 0 Å². The summed E-state index contributed by atoms with van der Waals surface area (Å²) in [6.45, 7) is 1.87. The molecule has 2 aromatic rings. The van der Waals surface area contributed by atoms with Crippen LogP contribution in [-0.4, -0.2) is 30.7 Å². The number of hydrogen-bond acceptors (Lipinski definition) is 5. The number of rotatable bonds is 1. The fraction of sp³-hybridized carbons (Fsp3) is 0.167. The summed E-state index contributed by atoms with van der Waals surface area (Å²) < 4.78 is 39.4. The molecule has 21 heavy (non-hydrogen) atoms. The summed E-state index contributed by atoms with van der Waals surface area (Å²) in [5.74, 6) is 0.112. The number of nitrogens with zero attached hydrogens (tertiary/aromatic N) is 2. The summed E-state index contributed by atoms with van der Waals surface area (Å²) in [7, 11) is -3.91. The Bertz CT molecular complexity index is 922. The minimum atomic E-state index is -3.91. The van der Waals surface area contributed by atoms with Crippen LogP contribution in [-0.2, 0) is 14.8 Å². The highest BCUT2D eigenvalue weighted by Crippen LogP contribution is 2.25. The maximum atomic E-state index is 12.2. The highest BCUT2D eigenvalue weighted by Gasteiger charge is 2.22. The van der Waals surface area contributed by atoms with Crippen molar-refractivity contribution < 1.29 is 22.7 Å². The second kappa shape index (κ2) is 4.77. The molecule has 1 aliphatic rings. The lowest BCUT2D eigenvalue weighted by atomic mass is 10.5. The van der Waals surface area contributed by atoms with Gasteiger partial charge in [0, 0.05) is 18.6 Å². The molecule has 0 spiro atoms. The molecule has 1 aliphatic heterocycles. The van der Waals surface area contributed by atoms with Gasteiger partial charge in [0.05, 0.1) is 6.61 Å². The maximum absolute atomic E-state index is 12.2. The molecule has 3 rings (SSSR count). The Kier molecular flexibility index (Phi) is 3.05. The zero-order chi connectivity index (χ0) is 15.0. The van der Waals surface area contributed by atoms with E-state index in [-0.39, 0.29) is 28.0 Å². The Labute approximate surface area is 119 Å². The van der Waals surface area contributed by atoms with Crippen molar-refractivity contribution in [1.82, 2.24) is 9.55 Å². The van der Waals surface area contributed by atoms with Gasteiger partial charge in [-0.15, -0.1) is 0 Å². The summed E-state index contributed by atoms with van der Waals surface area (Å²) in [6.07, 6.45) is 4.68. The van der Waals surface area contributed by atoms with Crippen LogP contribution in [0.25, 0.3) is 6.26 Å². The quantitative estimate of drug-likeness (QED) is 0.796. The van der Waals surface area contributed by atoms with Crippen LogP contribution < -0.4 is 15.4 Å². The van der Waals surface area contributed by atoms with Gasteiger partial charge in [-0.1, -0.05) is 0 Å². The number of carbonyl (C=O) groups is 1. The number of aromatic nitrogens is 2. The molecule has 9 heteroatoms. The Hall–Kier alpha value is -2.55. The van der Waals surface area contributed by atoms with E-state index in [1.807, 2.05) is 0 Å². The molecule has 1 N–H and O–H groups in total. The first kappa shape index (κ1) is 13.4. The second-order valence-electron chi connectivity index (χ2n) is 4.14. The predicted molar refractivity (Wildman–Crippen MR) is 70.7 cm³/mol. The fourth-order valence-electron chi connectivity index (χ4n) is 1.91. The van der Waals surface area contributed by atoms with Crippen molar-refractivity contribution >= 4 is 22.4 Å². The highest BCUT2D eigenvalue weighted by atomic mass is 32.2. The Morgan fingerprint density at radius 3 is 3.05 bits per heavy atom. The third-order valence-corrected chi connectivity index (χ3v) is 4.15. The summed E-state index contributed by atoms with van der Waals surface area (Å²) in [4.78, 5) is 14.4. The average molecular weight is 309 g/mol. The van der Waals surface area contributed by atoms with Crippen molar-refractivity contribution in [3.63, 3.8) is 0 Å². The standard InChI is InChI=1S/C12H11N3O5S/c1-2-19-12(16)15-4-3-8-9(15)7-20-10-5-13-6-11(10)21(17,18)14-8/h3-7,13H,2H2,1H3. The third-order valence-electron chi connectivity index (χ3n) is 2.83. The van der Waals surface area contributed by atoms with Crippen LogP contribution in [0.4, 0.5) is 4.79 Å². The first-order valence-corrected chi connectivity index (χ1v) is 7.50. The van der Waals surface area contributed by atoms with Gasteiger partial charge in [0.2, 0.25) is 0 Å².